The summed E-state index contributed by atoms with van der Waals surface area (Å²) < 4.78 is 29.8. The van der Waals surface area contributed by atoms with E-state index in [4.69, 9.17) is 4.18 Å². The van der Waals surface area contributed by atoms with E-state index in [0.29, 0.717) is 11.4 Å². The van der Waals surface area contributed by atoms with Crippen LogP contribution in [0.3, 0.4) is 0 Å². The minimum atomic E-state index is -3.69. The number of benzene rings is 2. The van der Waals surface area contributed by atoms with Crippen LogP contribution in [0.1, 0.15) is 0 Å². The van der Waals surface area contributed by atoms with Crippen LogP contribution in [0.15, 0.2) is 36.4 Å². The summed E-state index contributed by atoms with van der Waals surface area (Å²) in [5, 5.41) is 1.75. The lowest BCUT2D eigenvalue weighted by atomic mass is 10.1. The van der Waals surface area contributed by atoms with Gasteiger partial charge in [-0.05, 0) is 17.5 Å². The van der Waals surface area contributed by atoms with Gasteiger partial charge in [-0.2, -0.15) is 8.42 Å². The van der Waals surface area contributed by atoms with Gasteiger partial charge in [0, 0.05) is 5.39 Å². The standard InChI is InChI=1S/C10H7NO3S/c12-15(13)11-8-5-1-3-7-4-2-6-9(14-15)10(7)8/h1-6,11H. The predicted molar refractivity (Wildman–Crippen MR) is 57.1 cm³/mol. The molecule has 3 rings (SSSR count). The van der Waals surface area contributed by atoms with Gasteiger partial charge in [0.05, 0.1) is 5.69 Å². The molecular formula is C10H7NO3S. The predicted octanol–water partition coefficient (Wildman–Crippen LogP) is 1.89. The molecule has 0 radical (unpaired) electrons. The zero-order valence-corrected chi connectivity index (χ0v) is 8.41. The van der Waals surface area contributed by atoms with Crippen molar-refractivity contribution in [3.63, 3.8) is 0 Å². The average Bonchev–Trinajstić information content (AvgIpc) is 2.16. The highest BCUT2D eigenvalue weighted by atomic mass is 32.2. The second-order valence-electron chi connectivity index (χ2n) is 3.30. The van der Waals surface area contributed by atoms with E-state index >= 15 is 0 Å². The summed E-state index contributed by atoms with van der Waals surface area (Å²) in [5.74, 6) is 0.377. The van der Waals surface area contributed by atoms with Crippen LogP contribution in [0.4, 0.5) is 5.69 Å². The molecule has 0 unspecified atom stereocenters. The first kappa shape index (κ1) is 8.55. The Labute approximate surface area is 86.7 Å². The topological polar surface area (TPSA) is 55.4 Å². The molecule has 1 heterocycles. The van der Waals surface area contributed by atoms with Crippen LogP contribution >= 0.6 is 0 Å². The Hall–Kier alpha value is -1.75. The molecule has 5 heteroatoms. The molecule has 0 amide bonds. The molecule has 0 bridgehead atoms. The second-order valence-corrected chi connectivity index (χ2v) is 4.58. The van der Waals surface area contributed by atoms with E-state index in [-0.39, 0.29) is 0 Å². The molecule has 0 spiro atoms. The fraction of sp³-hybridized carbons (Fsp3) is 0. The van der Waals surface area contributed by atoms with Crippen molar-refractivity contribution < 1.29 is 12.6 Å². The van der Waals surface area contributed by atoms with Gasteiger partial charge in [-0.25, -0.2) is 0 Å². The van der Waals surface area contributed by atoms with Crippen LogP contribution in [-0.2, 0) is 10.3 Å². The van der Waals surface area contributed by atoms with Crippen molar-refractivity contribution >= 4 is 26.8 Å². The highest BCUT2D eigenvalue weighted by molar-refractivity contribution is 7.88. The number of hydrogen-bond acceptors (Lipinski definition) is 3. The van der Waals surface area contributed by atoms with Gasteiger partial charge < -0.3 is 4.18 Å². The van der Waals surface area contributed by atoms with Crippen molar-refractivity contribution in [2.75, 3.05) is 4.72 Å². The van der Waals surface area contributed by atoms with Crippen LogP contribution in [-0.4, -0.2) is 8.42 Å². The maximum absolute atomic E-state index is 11.3. The summed E-state index contributed by atoms with van der Waals surface area (Å²) in [6.45, 7) is 0. The van der Waals surface area contributed by atoms with E-state index in [0.717, 1.165) is 10.8 Å². The molecule has 0 aliphatic carbocycles. The van der Waals surface area contributed by atoms with E-state index < -0.39 is 10.3 Å². The first-order valence-electron chi connectivity index (χ1n) is 4.40. The SMILES string of the molecule is O=S1(=O)Nc2cccc3cccc(c23)O1. The molecule has 1 aliphatic rings. The van der Waals surface area contributed by atoms with Crippen molar-refractivity contribution in [1.29, 1.82) is 0 Å². The van der Waals surface area contributed by atoms with E-state index in [2.05, 4.69) is 4.72 Å². The van der Waals surface area contributed by atoms with E-state index in [9.17, 15) is 8.42 Å². The smallest absolute Gasteiger partial charge is 0.366 e. The van der Waals surface area contributed by atoms with Crippen LogP contribution in [0, 0.1) is 0 Å². The Bertz CT molecular complexity index is 602. The molecule has 0 saturated carbocycles. The molecule has 0 atom stereocenters. The third kappa shape index (κ3) is 1.24. The van der Waals surface area contributed by atoms with Crippen molar-refractivity contribution in [1.82, 2.24) is 0 Å². The normalized spacial score (nSPS) is 16.8. The third-order valence-corrected chi connectivity index (χ3v) is 3.17. The summed E-state index contributed by atoms with van der Waals surface area (Å²) in [7, 11) is -3.69. The van der Waals surface area contributed by atoms with Gasteiger partial charge in [0.2, 0.25) is 0 Å². The van der Waals surface area contributed by atoms with Crippen molar-refractivity contribution in [3.8, 4) is 5.75 Å². The van der Waals surface area contributed by atoms with Gasteiger partial charge in [0.25, 0.3) is 0 Å². The summed E-state index contributed by atoms with van der Waals surface area (Å²) >= 11 is 0. The first-order valence-corrected chi connectivity index (χ1v) is 5.80. The lowest BCUT2D eigenvalue weighted by Crippen LogP contribution is -2.22. The molecule has 2 aromatic carbocycles. The number of rotatable bonds is 0. The molecule has 0 saturated heterocycles. The van der Waals surface area contributed by atoms with Gasteiger partial charge in [0.1, 0.15) is 0 Å². The van der Waals surface area contributed by atoms with Gasteiger partial charge in [-0.1, -0.05) is 24.3 Å². The Morgan fingerprint density at radius 3 is 2.60 bits per heavy atom. The minimum Gasteiger partial charge on any atom is -0.366 e. The highest BCUT2D eigenvalue weighted by Gasteiger charge is 2.22. The molecule has 0 fully saturated rings. The Kier molecular flexibility index (Phi) is 1.50. The zero-order chi connectivity index (χ0) is 10.5. The van der Waals surface area contributed by atoms with Crippen LogP contribution < -0.4 is 8.91 Å². The lowest BCUT2D eigenvalue weighted by molar-refractivity contribution is 0.493. The monoisotopic (exact) mass is 221 g/mol. The molecule has 76 valence electrons. The Morgan fingerprint density at radius 1 is 1.07 bits per heavy atom. The summed E-state index contributed by atoms with van der Waals surface area (Å²) in [4.78, 5) is 0. The van der Waals surface area contributed by atoms with E-state index in [1.165, 1.54) is 0 Å². The van der Waals surface area contributed by atoms with Gasteiger partial charge in [-0.15, -0.1) is 0 Å². The van der Waals surface area contributed by atoms with E-state index in [1.54, 1.807) is 24.3 Å². The summed E-state index contributed by atoms with van der Waals surface area (Å²) in [5.41, 5.74) is 0.564. The van der Waals surface area contributed by atoms with Gasteiger partial charge in [-0.3, -0.25) is 4.72 Å². The van der Waals surface area contributed by atoms with Crippen LogP contribution in [0.25, 0.3) is 10.8 Å². The minimum absolute atomic E-state index is 0.377. The van der Waals surface area contributed by atoms with E-state index in [1.807, 2.05) is 12.1 Å². The maximum Gasteiger partial charge on any atom is 0.407 e. The fourth-order valence-corrected chi connectivity index (χ4v) is 2.59. The Morgan fingerprint density at radius 2 is 1.80 bits per heavy atom. The second kappa shape index (κ2) is 2.64. The van der Waals surface area contributed by atoms with Crippen molar-refractivity contribution in [3.05, 3.63) is 36.4 Å². The quantitative estimate of drug-likeness (QED) is 0.739. The van der Waals surface area contributed by atoms with Crippen LogP contribution in [0.5, 0.6) is 5.75 Å². The van der Waals surface area contributed by atoms with Gasteiger partial charge >= 0.3 is 10.3 Å². The molecule has 2 aromatic rings. The molecule has 0 aromatic heterocycles. The number of hydrogen-bond donors (Lipinski definition) is 1. The molecule has 1 N–H and O–H groups in total. The lowest BCUT2D eigenvalue weighted by Gasteiger charge is -2.18. The number of nitrogens with one attached hydrogen (secondary N) is 1. The fourth-order valence-electron chi connectivity index (χ4n) is 1.73. The van der Waals surface area contributed by atoms with Crippen molar-refractivity contribution in [2.45, 2.75) is 0 Å². The molecule has 1 aliphatic heterocycles. The average molecular weight is 221 g/mol. The molecule has 15 heavy (non-hydrogen) atoms. The van der Waals surface area contributed by atoms with Crippen LogP contribution in [0.2, 0.25) is 0 Å². The zero-order valence-electron chi connectivity index (χ0n) is 7.60. The molecular weight excluding hydrogens is 214 g/mol. The third-order valence-electron chi connectivity index (χ3n) is 2.30. The van der Waals surface area contributed by atoms with Gasteiger partial charge in [0.15, 0.2) is 5.75 Å². The maximum atomic E-state index is 11.3. The summed E-state index contributed by atoms with van der Waals surface area (Å²) in [6, 6.07) is 10.7. The highest BCUT2D eigenvalue weighted by Crippen LogP contribution is 2.36. The van der Waals surface area contributed by atoms with Crippen molar-refractivity contribution in [2.24, 2.45) is 0 Å². The first-order chi connectivity index (χ1) is 7.16. The molecule has 4 nitrogen and oxygen atoms in total. The summed E-state index contributed by atoms with van der Waals surface area (Å²) in [6.07, 6.45) is 0. The largest absolute Gasteiger partial charge is 0.407 e. The Balaban J connectivity index is 2.46. The number of anilines is 1.